The van der Waals surface area contributed by atoms with Gasteiger partial charge in [0.05, 0.1) is 59.5 Å². The first kappa shape index (κ1) is 107. The van der Waals surface area contributed by atoms with Crippen LogP contribution in [0, 0.1) is 17.8 Å². The molecule has 53 heteroatoms. The van der Waals surface area contributed by atoms with Crippen LogP contribution < -0.4 is 92.8 Å². The van der Waals surface area contributed by atoms with E-state index < -0.39 is 314 Å². The molecular formula is C79H114F6N20O27. The fourth-order valence-corrected chi connectivity index (χ4v) is 13.0. The van der Waals surface area contributed by atoms with Crippen molar-refractivity contribution in [2.24, 2.45) is 17.8 Å². The van der Waals surface area contributed by atoms with E-state index in [1.807, 2.05) is 0 Å². The van der Waals surface area contributed by atoms with Gasteiger partial charge < -0.3 is 138 Å². The number of nitrogens with zero attached hydrogens (tertiary/aromatic N) is 6. The summed E-state index contributed by atoms with van der Waals surface area (Å²) in [4.78, 5) is 196. The van der Waals surface area contributed by atoms with E-state index >= 15 is 26.3 Å². The lowest BCUT2D eigenvalue weighted by Crippen LogP contribution is -2.59. The average Bonchev–Trinajstić information content (AvgIpc) is 1.62. The maximum atomic E-state index is 15.1. The van der Waals surface area contributed by atoms with Gasteiger partial charge in [0.25, 0.3) is 0 Å². The number of aliphatic hydroxyl groups is 3. The minimum Gasteiger partial charge on any atom is -0.445 e. The van der Waals surface area contributed by atoms with Crippen LogP contribution in [0.1, 0.15) is 119 Å². The van der Waals surface area contributed by atoms with Crippen molar-refractivity contribution in [3.63, 3.8) is 0 Å². The number of ether oxygens (including phenoxy) is 10. The SMILES string of the molecule is CC(C)[C@H](NC(=O)CCOCC(COCCC(=O)N[C@H](C(=O)N[C@@H](C)C(=O)NCOC[C@H]1O[C@@H](n2ccc(N)nc2=O)C(F)(F)[C@@H]1O)C(C)C)(COCCC(=O)N[C@H](C(=O)N[C@@H](C)C(=O)NCOC[C@H]1O[C@@H](n2ccc(N)nc2=O)C(F)(F)[C@@H]1O)C(C)C)NC(=O)CCCNC(=O)OCc1ccccc1)C(=O)N[C@@H](C)C(=O)NCOC[C@H]1O[C@@H](n2ccc(N)nc2=O)C(F)(F)[C@@H]1O. The Morgan fingerprint density at radius 2 is 0.742 bits per heavy atom. The molecule has 0 bridgehead atoms. The van der Waals surface area contributed by atoms with Crippen LogP contribution in [0.4, 0.5) is 48.6 Å². The van der Waals surface area contributed by atoms with Gasteiger partial charge in [0.15, 0.2) is 18.3 Å². The van der Waals surface area contributed by atoms with Gasteiger partial charge in [-0.05, 0) is 68.7 Å². The van der Waals surface area contributed by atoms with Gasteiger partial charge in [0, 0.05) is 50.8 Å². The van der Waals surface area contributed by atoms with E-state index in [2.05, 4.69) is 73.4 Å². The zero-order valence-electron chi connectivity index (χ0n) is 73.5. The second kappa shape index (κ2) is 49.7. The van der Waals surface area contributed by atoms with Crippen molar-refractivity contribution in [2.45, 2.75) is 216 Å². The quantitative estimate of drug-likeness (QED) is 0.0114. The van der Waals surface area contributed by atoms with E-state index in [4.69, 9.17) is 64.6 Å². The Bertz CT molecular complexity index is 4360. The number of alkyl halides is 6. The summed E-state index contributed by atoms with van der Waals surface area (Å²) in [6, 6.07) is 4.01. The van der Waals surface area contributed by atoms with Crippen LogP contribution in [-0.2, 0) is 102 Å². The van der Waals surface area contributed by atoms with Gasteiger partial charge in [0.1, 0.15) is 104 Å². The van der Waals surface area contributed by atoms with Crippen LogP contribution in [0.25, 0.3) is 0 Å². The predicted octanol–water partition coefficient (Wildman–Crippen LogP) is -3.83. The molecule has 3 fully saturated rings. The lowest BCUT2D eigenvalue weighted by Gasteiger charge is -2.34. The van der Waals surface area contributed by atoms with Gasteiger partial charge in [-0.15, -0.1) is 0 Å². The van der Waals surface area contributed by atoms with E-state index in [1.54, 1.807) is 71.9 Å². The number of halogens is 6. The Morgan fingerprint density at radius 1 is 0.432 bits per heavy atom. The fraction of sp³-hybridized carbons (Fsp3) is 0.633. The summed E-state index contributed by atoms with van der Waals surface area (Å²) in [6.45, 7) is 5.74. The molecule has 3 aliphatic heterocycles. The summed E-state index contributed by atoms with van der Waals surface area (Å²) in [5.74, 6) is -22.9. The number of anilines is 3. The topological polar surface area (TPSA) is 656 Å². The molecule has 0 radical (unpaired) electrons. The van der Waals surface area contributed by atoms with Crippen LogP contribution >= 0.6 is 0 Å². The van der Waals surface area contributed by atoms with Gasteiger partial charge in [-0.2, -0.15) is 41.3 Å². The standard InChI is InChI=1S/C79H114F6N20O27/c1-40(2)57(66(116)93-43(7)63(113)90-37-126-31-47-60(110)77(80,81)69(130-47)103-24-17-50(86)96-72(103)119)99-53(106)20-27-123-34-76(102-56(109)16-13-23-89-75(122)129-30-46-14-11-10-12-15-46,35-124-28-21-54(107)100-58(41(3)4)67(117)94-44(8)64(114)91-38-127-32-48-61(111)78(82,83)70(131-48)104-25-18-51(87)97-73(104)120)36-125-29-22-55(108)101-59(42(5)6)68(118)95-45(9)65(115)92-39-128-33-49-62(112)79(84,85)71(132-49)105-26-19-52(88)98-74(105)121/h10-12,14-15,17-19,24-26,40-45,47-49,57-62,69-71,110-112H,13,16,20-23,27-39H2,1-9H3,(H,89,122)(H,90,113)(H,91,114)(H,92,115)(H,93,116)(H,94,117)(H,95,118)(H,99,106)(H,100,107)(H,101,108)(H,102,109)(H2,86,96,119)(H2,87,97,120)(H2,88,98,121)/t43-,44-,45-,47+,48+,49+,57-,58-,59-,60+,61+,62+,69+,70+,71+/m0/s1. The highest BCUT2D eigenvalue weighted by Gasteiger charge is 2.62. The number of carbonyl (C=O) groups is 11. The van der Waals surface area contributed by atoms with E-state index in [9.17, 15) is 82.4 Å². The predicted molar refractivity (Wildman–Crippen MR) is 444 cm³/mol. The average molecular weight is 1890 g/mol. The number of nitrogens with two attached hydrogens (primary N) is 3. The summed E-state index contributed by atoms with van der Waals surface area (Å²) < 4.78 is 147. The Balaban J connectivity index is 0.983. The number of alkyl carbamates (subject to hydrolysis) is 1. The normalized spacial score (nSPS) is 20.9. The number of hydrogen-bond acceptors (Lipinski definition) is 33. The lowest BCUT2D eigenvalue weighted by molar-refractivity contribution is -0.141. The Hall–Kier alpha value is -11.7. The van der Waals surface area contributed by atoms with Gasteiger partial charge in [-0.25, -0.2) is 19.2 Å². The molecule has 7 rings (SSSR count). The van der Waals surface area contributed by atoms with Gasteiger partial charge in [-0.3, -0.25) is 61.6 Å². The summed E-state index contributed by atoms with van der Waals surface area (Å²) in [5, 5.41) is 58.6. The molecule has 0 saturated carbocycles. The zero-order chi connectivity index (χ0) is 97.7. The maximum Gasteiger partial charge on any atom is 0.407 e. The largest absolute Gasteiger partial charge is 0.445 e. The van der Waals surface area contributed by atoms with Gasteiger partial charge in [-0.1, -0.05) is 71.9 Å². The van der Waals surface area contributed by atoms with Crippen molar-refractivity contribution in [1.82, 2.24) is 87.1 Å². The number of carbonyl (C=O) groups excluding carboxylic acids is 11. The number of aromatic nitrogens is 6. The molecule has 734 valence electrons. The highest BCUT2D eigenvalue weighted by atomic mass is 19.3. The third-order valence-corrected chi connectivity index (χ3v) is 20.4. The molecule has 0 unspecified atom stereocenters. The third kappa shape index (κ3) is 31.0. The maximum absolute atomic E-state index is 15.1. The molecular weight excluding hydrogens is 1770 g/mol. The fourth-order valence-electron chi connectivity index (χ4n) is 13.0. The number of hydrogen-bond donors (Lipinski definition) is 17. The number of rotatable bonds is 52. The molecule has 3 aliphatic rings. The van der Waals surface area contributed by atoms with Crippen molar-refractivity contribution in [3.8, 4) is 0 Å². The minimum absolute atomic E-state index is 0.0127. The van der Waals surface area contributed by atoms with E-state index in [0.29, 0.717) is 19.3 Å². The van der Waals surface area contributed by atoms with Crippen LogP contribution in [0.5, 0.6) is 0 Å². The molecule has 3 aromatic heterocycles. The molecule has 6 heterocycles. The second-order valence-electron chi connectivity index (χ2n) is 32.1. The molecule has 0 spiro atoms. The third-order valence-electron chi connectivity index (χ3n) is 20.4. The number of benzene rings is 1. The number of nitrogen functional groups attached to an aromatic ring is 3. The Kier molecular flexibility index (Phi) is 40.4. The summed E-state index contributed by atoms with van der Waals surface area (Å²) in [7, 11) is 0. The summed E-state index contributed by atoms with van der Waals surface area (Å²) in [6.07, 6.45) is -19.3. The summed E-state index contributed by atoms with van der Waals surface area (Å²) in [5.41, 5.74) is 11.7. The highest BCUT2D eigenvalue weighted by molar-refractivity contribution is 5.94. The van der Waals surface area contributed by atoms with Crippen LogP contribution in [0.2, 0.25) is 0 Å². The first-order valence-corrected chi connectivity index (χ1v) is 41.7. The molecule has 3 saturated heterocycles. The van der Waals surface area contributed by atoms with Crippen LogP contribution in [0.3, 0.4) is 0 Å². The molecule has 4 aromatic rings. The zero-order valence-corrected chi connectivity index (χ0v) is 73.5. The van der Waals surface area contributed by atoms with Crippen LogP contribution in [0.15, 0.2) is 81.5 Å². The molecule has 1 aromatic carbocycles. The molecule has 15 atom stereocenters. The number of amides is 11. The van der Waals surface area contributed by atoms with Crippen molar-refractivity contribution >= 4 is 82.6 Å². The molecule has 11 amide bonds. The monoisotopic (exact) mass is 1890 g/mol. The first-order valence-electron chi connectivity index (χ1n) is 41.7. The Morgan fingerprint density at radius 3 is 1.04 bits per heavy atom. The van der Waals surface area contributed by atoms with Crippen molar-refractivity contribution < 1.29 is 142 Å². The second-order valence-corrected chi connectivity index (χ2v) is 32.1. The van der Waals surface area contributed by atoms with Crippen molar-refractivity contribution in [1.29, 1.82) is 0 Å². The van der Waals surface area contributed by atoms with E-state index in [-0.39, 0.29) is 43.4 Å². The van der Waals surface area contributed by atoms with Gasteiger partial charge >= 0.3 is 40.9 Å². The smallest absolute Gasteiger partial charge is 0.407 e. The van der Waals surface area contributed by atoms with Crippen molar-refractivity contribution in [2.75, 3.05) is 103 Å². The lowest BCUT2D eigenvalue weighted by atomic mass is 10.0. The molecule has 132 heavy (non-hydrogen) atoms. The molecule has 47 nitrogen and oxygen atoms in total. The first-order chi connectivity index (χ1) is 62.2. The minimum atomic E-state index is -4.01. The van der Waals surface area contributed by atoms with E-state index in [0.717, 1.165) is 36.8 Å². The van der Waals surface area contributed by atoms with Crippen molar-refractivity contribution in [3.05, 3.63) is 104 Å². The van der Waals surface area contributed by atoms with E-state index in [1.165, 1.54) is 20.8 Å². The van der Waals surface area contributed by atoms with Gasteiger partial charge in [0.2, 0.25) is 77.8 Å². The number of aliphatic hydroxyl groups excluding tert-OH is 3. The Labute approximate surface area is 750 Å². The summed E-state index contributed by atoms with van der Waals surface area (Å²) >= 11 is 0. The molecule has 0 aliphatic carbocycles. The van der Waals surface area contributed by atoms with Crippen LogP contribution in [-0.4, -0.2) is 292 Å². The molecule has 20 N–H and O–H groups in total. The highest BCUT2D eigenvalue weighted by Crippen LogP contribution is 2.45. The number of nitrogens with one attached hydrogen (secondary N) is 11.